The maximum atomic E-state index is 15.1. The van der Waals surface area contributed by atoms with Crippen LogP contribution in [0, 0.1) is 17.6 Å². The summed E-state index contributed by atoms with van der Waals surface area (Å²) in [5.74, 6) is -0.640. The Balaban J connectivity index is 0.907. The van der Waals surface area contributed by atoms with Crippen molar-refractivity contribution in [1.82, 2.24) is 19.4 Å². The van der Waals surface area contributed by atoms with Gasteiger partial charge in [0, 0.05) is 68.9 Å². The fourth-order valence-electron chi connectivity index (χ4n) is 8.08. The van der Waals surface area contributed by atoms with Crippen molar-refractivity contribution in [3.8, 4) is 11.4 Å². The summed E-state index contributed by atoms with van der Waals surface area (Å²) < 4.78 is 50.6. The van der Waals surface area contributed by atoms with Crippen LogP contribution in [0.5, 0.6) is 5.75 Å². The van der Waals surface area contributed by atoms with Gasteiger partial charge >= 0.3 is 5.69 Å². The molecule has 0 radical (unpaired) electrons. The Bertz CT molecular complexity index is 2230. The van der Waals surface area contributed by atoms with E-state index in [2.05, 4.69) is 56.0 Å². The molecule has 1 aromatic heterocycles. The van der Waals surface area contributed by atoms with E-state index in [1.165, 1.54) is 28.2 Å². The van der Waals surface area contributed by atoms with E-state index in [0.29, 0.717) is 32.7 Å². The third-order valence-electron chi connectivity index (χ3n) is 11.3. The first-order chi connectivity index (χ1) is 28.7. The zero-order valence-electron chi connectivity index (χ0n) is 33.9. The average Bonchev–Trinajstić information content (AvgIpc) is 3.86. The molecule has 0 spiro atoms. The van der Waals surface area contributed by atoms with Gasteiger partial charge < -0.3 is 24.0 Å². The number of piperazine rings is 1. The minimum Gasteiger partial charge on any atom is -0.493 e. The molecule has 14 heteroatoms. The summed E-state index contributed by atoms with van der Waals surface area (Å²) in [6, 6.07) is 29.5. The summed E-state index contributed by atoms with van der Waals surface area (Å²) >= 11 is 0. The summed E-state index contributed by atoms with van der Waals surface area (Å²) in [7, 11) is 1.61. The van der Waals surface area contributed by atoms with E-state index in [1.807, 2.05) is 68.4 Å². The first-order valence-corrected chi connectivity index (χ1v) is 20.1. The predicted molar refractivity (Wildman–Crippen MR) is 227 cm³/mol. The van der Waals surface area contributed by atoms with E-state index in [0.717, 1.165) is 60.6 Å². The topological polar surface area (TPSA) is 102 Å². The molecule has 7 rings (SSSR count). The zero-order chi connectivity index (χ0) is 41.4. The molecule has 59 heavy (non-hydrogen) atoms. The molecule has 310 valence electrons. The van der Waals surface area contributed by atoms with Crippen molar-refractivity contribution in [2.45, 2.75) is 51.0 Å². The molecule has 2 aliphatic rings. The Kier molecular flexibility index (Phi) is 13.2. The lowest BCUT2D eigenvalue weighted by atomic mass is 9.86. The Morgan fingerprint density at radius 3 is 2.25 bits per heavy atom. The van der Waals surface area contributed by atoms with Crippen LogP contribution in [0.1, 0.15) is 43.9 Å². The lowest BCUT2D eigenvalue weighted by Crippen LogP contribution is -2.46. The van der Waals surface area contributed by atoms with Crippen LogP contribution in [0.15, 0.2) is 118 Å². The van der Waals surface area contributed by atoms with Gasteiger partial charge in [-0.3, -0.25) is 10.0 Å². The molecule has 0 unspecified atom stereocenters. The molecule has 4 atom stereocenters. The zero-order valence-corrected chi connectivity index (χ0v) is 33.9. The summed E-state index contributed by atoms with van der Waals surface area (Å²) in [6.07, 6.45) is 4.04. The second kappa shape index (κ2) is 18.8. The molecule has 3 heterocycles. The van der Waals surface area contributed by atoms with Crippen molar-refractivity contribution >= 4 is 24.4 Å². The van der Waals surface area contributed by atoms with E-state index in [1.54, 1.807) is 17.9 Å². The van der Waals surface area contributed by atoms with E-state index < -0.39 is 17.2 Å². The van der Waals surface area contributed by atoms with Gasteiger partial charge in [-0.2, -0.15) is 10.2 Å². The summed E-state index contributed by atoms with van der Waals surface area (Å²) in [6.45, 7) is 12.4. The predicted octanol–water partition coefficient (Wildman–Crippen LogP) is 7.08. The van der Waals surface area contributed by atoms with Crippen LogP contribution < -0.4 is 20.2 Å². The molecular formula is C45H52F2N8O4. The summed E-state index contributed by atoms with van der Waals surface area (Å²) in [5.41, 5.74) is 3.05. The van der Waals surface area contributed by atoms with E-state index in [4.69, 9.17) is 14.2 Å². The SMILES string of the molecule is C=NN(C=NC)C[C@]1(c2ccc(F)cc2F)C[C@H](COc2ccc(N3CCN(c4ccc(-n5cnn([C@@H](CC)[C@H](C)OCc6ccccc6)c5=O)cc4)CC3)cc2)CO1. The minimum absolute atomic E-state index is 0.0436. The fourth-order valence-corrected chi connectivity index (χ4v) is 8.08. The largest absolute Gasteiger partial charge is 0.493 e. The van der Waals surface area contributed by atoms with Gasteiger partial charge in [0.1, 0.15) is 35.7 Å². The number of ether oxygens (including phenoxy) is 3. The standard InChI is InChI=1S/C45H52F2N8O4/c1-5-43(33(2)57-27-34-9-7-6-8-10-34)55-44(56)54(32-50-55)39-14-12-37(13-15-39)51-21-23-52(24-22-51)38-16-18-40(19-17-38)58-28-35-26-45(59-29-35,30-53(49-4)31-48-3)41-20-11-36(46)25-42(41)47/h6-20,25,31-33,35,43H,4-5,21-24,26-30H2,1-3H3/t33-,35+,43-,45-/m0/s1. The molecule has 0 N–H and O–H groups in total. The van der Waals surface area contributed by atoms with Gasteiger partial charge in [-0.25, -0.2) is 22.8 Å². The van der Waals surface area contributed by atoms with Gasteiger partial charge in [-0.05, 0) is 79.9 Å². The van der Waals surface area contributed by atoms with E-state index in [-0.39, 0.29) is 35.9 Å². The molecule has 12 nitrogen and oxygen atoms in total. The van der Waals surface area contributed by atoms with E-state index in [9.17, 15) is 9.18 Å². The van der Waals surface area contributed by atoms with Crippen LogP contribution in [0.2, 0.25) is 0 Å². The Labute approximate surface area is 343 Å². The second-order valence-corrected chi connectivity index (χ2v) is 15.1. The van der Waals surface area contributed by atoms with Crippen molar-refractivity contribution < 1.29 is 23.0 Å². The molecule has 0 aliphatic carbocycles. The normalized spacial score (nSPS) is 19.2. The van der Waals surface area contributed by atoms with Crippen molar-refractivity contribution in [2.75, 3.05) is 62.8 Å². The number of benzene rings is 4. The number of hydrogen-bond donors (Lipinski definition) is 0. The maximum absolute atomic E-state index is 15.1. The molecular weight excluding hydrogens is 755 g/mol. The first kappa shape index (κ1) is 41.3. The number of aromatic nitrogens is 3. The average molecular weight is 807 g/mol. The lowest BCUT2D eigenvalue weighted by Gasteiger charge is -2.37. The molecule has 2 fully saturated rings. The fraction of sp³-hybridized carbons (Fsp3) is 0.378. The lowest BCUT2D eigenvalue weighted by molar-refractivity contribution is -0.0179. The van der Waals surface area contributed by atoms with E-state index >= 15 is 4.39 Å². The molecule has 4 aromatic carbocycles. The van der Waals surface area contributed by atoms with Gasteiger partial charge in [-0.1, -0.05) is 43.3 Å². The van der Waals surface area contributed by atoms with Crippen LogP contribution in [0.3, 0.4) is 0 Å². The van der Waals surface area contributed by atoms with Crippen LogP contribution >= 0.6 is 0 Å². The van der Waals surface area contributed by atoms with Crippen molar-refractivity contribution in [1.29, 1.82) is 0 Å². The van der Waals surface area contributed by atoms with Crippen molar-refractivity contribution in [3.05, 3.63) is 137 Å². The monoisotopic (exact) mass is 806 g/mol. The number of hydrogen-bond acceptors (Lipinski definition) is 9. The maximum Gasteiger partial charge on any atom is 0.350 e. The van der Waals surface area contributed by atoms with Crippen LogP contribution in [-0.2, 0) is 21.7 Å². The Morgan fingerprint density at radius 2 is 1.63 bits per heavy atom. The molecule has 0 bridgehead atoms. The third kappa shape index (κ3) is 9.55. The highest BCUT2D eigenvalue weighted by molar-refractivity contribution is 5.56. The highest BCUT2D eigenvalue weighted by atomic mass is 19.1. The third-order valence-corrected chi connectivity index (χ3v) is 11.3. The minimum atomic E-state index is -1.08. The summed E-state index contributed by atoms with van der Waals surface area (Å²) in [5, 5.41) is 9.97. The van der Waals surface area contributed by atoms with Crippen LogP contribution in [-0.4, -0.2) is 91.5 Å². The smallest absolute Gasteiger partial charge is 0.350 e. The van der Waals surface area contributed by atoms with Gasteiger partial charge in [-0.15, -0.1) is 0 Å². The Hall–Kier alpha value is -5.86. The number of aliphatic imine (C=N–C) groups is 1. The molecule has 2 aliphatic heterocycles. The van der Waals surface area contributed by atoms with Gasteiger partial charge in [0.25, 0.3) is 0 Å². The Morgan fingerprint density at radius 1 is 0.966 bits per heavy atom. The van der Waals surface area contributed by atoms with Crippen molar-refractivity contribution in [2.24, 2.45) is 16.0 Å². The summed E-state index contributed by atoms with van der Waals surface area (Å²) in [4.78, 5) is 22.2. The van der Waals surface area contributed by atoms with Crippen LogP contribution in [0.25, 0.3) is 5.69 Å². The highest BCUT2D eigenvalue weighted by Gasteiger charge is 2.45. The number of hydrazone groups is 1. The molecule has 2 saturated heterocycles. The van der Waals surface area contributed by atoms with Gasteiger partial charge in [0.05, 0.1) is 44.2 Å². The quantitative estimate of drug-likeness (QED) is 0.0559. The molecule has 0 saturated carbocycles. The van der Waals surface area contributed by atoms with Crippen molar-refractivity contribution in [3.63, 3.8) is 0 Å². The number of halogens is 2. The number of anilines is 2. The van der Waals surface area contributed by atoms with Gasteiger partial charge in [0.2, 0.25) is 0 Å². The number of rotatable bonds is 17. The molecule has 0 amide bonds. The highest BCUT2D eigenvalue weighted by Crippen LogP contribution is 2.41. The molecule has 5 aromatic rings. The number of nitrogens with zero attached hydrogens (tertiary/aromatic N) is 8. The first-order valence-electron chi connectivity index (χ1n) is 20.1. The van der Waals surface area contributed by atoms with Crippen LogP contribution in [0.4, 0.5) is 20.2 Å². The van der Waals surface area contributed by atoms with Gasteiger partial charge in [0.15, 0.2) is 0 Å². The second-order valence-electron chi connectivity index (χ2n) is 15.1.